The van der Waals surface area contributed by atoms with E-state index in [1.807, 2.05) is 19.1 Å². The Bertz CT molecular complexity index is 842. The van der Waals surface area contributed by atoms with Gasteiger partial charge >= 0.3 is 6.18 Å². The van der Waals surface area contributed by atoms with Crippen LogP contribution in [-0.4, -0.2) is 5.78 Å². The number of hydrogen-bond acceptors (Lipinski definition) is 4. The number of anilines is 1. The summed E-state index contributed by atoms with van der Waals surface area (Å²) in [7, 11) is 0. The molecule has 0 aliphatic carbocycles. The van der Waals surface area contributed by atoms with E-state index in [4.69, 9.17) is 5.26 Å². The quantitative estimate of drug-likeness (QED) is 0.503. The lowest BCUT2D eigenvalue weighted by Crippen LogP contribution is -2.12. The summed E-state index contributed by atoms with van der Waals surface area (Å²) in [5.41, 5.74) is 0.357. The molecule has 0 fully saturated rings. The molecule has 1 heterocycles. The molecule has 0 bridgehead atoms. The van der Waals surface area contributed by atoms with Crippen molar-refractivity contribution in [1.82, 2.24) is 0 Å². The molecule has 0 unspecified atom stereocenters. The van der Waals surface area contributed by atoms with E-state index < -0.39 is 28.9 Å². The van der Waals surface area contributed by atoms with Crippen molar-refractivity contribution in [3.05, 3.63) is 64.8 Å². The van der Waals surface area contributed by atoms with Crippen molar-refractivity contribution >= 4 is 11.5 Å². The molecule has 0 aliphatic rings. The number of nitriles is 1. The van der Waals surface area contributed by atoms with Gasteiger partial charge in [-0.05, 0) is 31.5 Å². The van der Waals surface area contributed by atoms with Crippen molar-refractivity contribution in [3.63, 3.8) is 0 Å². The van der Waals surface area contributed by atoms with E-state index in [2.05, 4.69) is 9.73 Å². The van der Waals surface area contributed by atoms with Gasteiger partial charge in [0.05, 0.1) is 5.56 Å². The molecule has 2 rings (SSSR count). The van der Waals surface area contributed by atoms with E-state index in [0.29, 0.717) is 5.69 Å². The zero-order valence-corrected chi connectivity index (χ0v) is 12.9. The molecular weight excluding hydrogens is 321 g/mol. The Morgan fingerprint density at radius 2 is 1.96 bits per heavy atom. The third-order valence-electron chi connectivity index (χ3n) is 3.24. The number of ketones is 1. The van der Waals surface area contributed by atoms with Crippen LogP contribution in [0.2, 0.25) is 0 Å². The van der Waals surface area contributed by atoms with Gasteiger partial charge in [0, 0.05) is 11.9 Å². The van der Waals surface area contributed by atoms with Crippen molar-refractivity contribution in [3.8, 4) is 6.07 Å². The zero-order valence-electron chi connectivity index (χ0n) is 12.9. The topological polar surface area (TPSA) is 66.0 Å². The van der Waals surface area contributed by atoms with Crippen LogP contribution in [0.1, 0.15) is 27.4 Å². The molecule has 1 aromatic heterocycles. The molecule has 1 N–H and O–H groups in total. The fourth-order valence-corrected chi connectivity index (χ4v) is 2.07. The predicted octanol–water partition coefficient (Wildman–Crippen LogP) is 4.62. The number of nitrogens with zero attached hydrogens (tertiary/aromatic N) is 1. The molecule has 0 saturated carbocycles. The summed E-state index contributed by atoms with van der Waals surface area (Å²) in [6.45, 7) is 3.11. The third-order valence-corrected chi connectivity index (χ3v) is 3.24. The summed E-state index contributed by atoms with van der Waals surface area (Å²) in [6, 6.07) is 9.68. The number of halogens is 3. The summed E-state index contributed by atoms with van der Waals surface area (Å²) in [6.07, 6.45) is -3.73. The van der Waals surface area contributed by atoms with E-state index in [-0.39, 0.29) is 5.76 Å². The average Bonchev–Trinajstić information content (AvgIpc) is 2.91. The predicted molar refractivity (Wildman–Crippen MR) is 81.3 cm³/mol. The molecule has 0 amide bonds. The van der Waals surface area contributed by atoms with E-state index in [0.717, 1.165) is 17.8 Å². The number of para-hydroxylation sites is 1. The first-order valence-electron chi connectivity index (χ1n) is 6.88. The first-order valence-corrected chi connectivity index (χ1v) is 6.88. The number of aryl methyl sites for hydroxylation is 2. The number of hydrogen-bond donors (Lipinski definition) is 1. The number of rotatable bonds is 4. The minimum Gasteiger partial charge on any atom is -0.456 e. The molecule has 0 saturated heterocycles. The number of nitrogens with one attached hydrogen (secondary N) is 1. The Hall–Kier alpha value is -3.01. The van der Waals surface area contributed by atoms with Crippen LogP contribution in [0.25, 0.3) is 0 Å². The van der Waals surface area contributed by atoms with E-state index in [9.17, 15) is 18.0 Å². The number of Topliss-reactive ketones (excluding diaryl/α,β-unsaturated/α-hetero) is 1. The lowest BCUT2D eigenvalue weighted by atomic mass is 10.0. The molecular formula is C17H13F3N2O2. The molecule has 0 spiro atoms. The van der Waals surface area contributed by atoms with Gasteiger partial charge in [0.2, 0.25) is 11.5 Å². The van der Waals surface area contributed by atoms with Crippen LogP contribution in [0.15, 0.2) is 46.5 Å². The SMILES string of the molecule is Cc1cc(C(=O)/C(C#N)=C/Nc2ccccc2C)c(C(F)(F)F)o1. The van der Waals surface area contributed by atoms with Crippen molar-refractivity contribution in [2.45, 2.75) is 20.0 Å². The van der Waals surface area contributed by atoms with Crippen molar-refractivity contribution in [1.29, 1.82) is 5.26 Å². The van der Waals surface area contributed by atoms with Crippen LogP contribution in [0.3, 0.4) is 0 Å². The maximum atomic E-state index is 12.9. The average molecular weight is 334 g/mol. The standard InChI is InChI=1S/C17H13F3N2O2/c1-10-5-3-4-6-14(10)22-9-12(8-21)15(23)13-7-11(2)24-16(13)17(18,19)20/h3-7,9,22H,1-2H3/b12-9+. The van der Waals surface area contributed by atoms with Gasteiger partial charge in [-0.3, -0.25) is 4.79 Å². The van der Waals surface area contributed by atoms with Crippen LogP contribution >= 0.6 is 0 Å². The fourth-order valence-electron chi connectivity index (χ4n) is 2.07. The molecule has 2 aromatic rings. The molecule has 0 radical (unpaired) electrons. The third kappa shape index (κ3) is 3.66. The van der Waals surface area contributed by atoms with Crippen LogP contribution in [0, 0.1) is 25.2 Å². The number of benzene rings is 1. The van der Waals surface area contributed by atoms with Gasteiger partial charge in [-0.25, -0.2) is 0 Å². The van der Waals surface area contributed by atoms with Gasteiger partial charge in [-0.2, -0.15) is 18.4 Å². The molecule has 7 heteroatoms. The summed E-state index contributed by atoms with van der Waals surface area (Å²) < 4.78 is 43.4. The summed E-state index contributed by atoms with van der Waals surface area (Å²) in [5.74, 6) is -2.51. The largest absolute Gasteiger partial charge is 0.456 e. The summed E-state index contributed by atoms with van der Waals surface area (Å²) in [4.78, 5) is 12.3. The second-order valence-corrected chi connectivity index (χ2v) is 5.06. The normalized spacial score (nSPS) is 11.9. The highest BCUT2D eigenvalue weighted by Gasteiger charge is 2.40. The van der Waals surface area contributed by atoms with Gasteiger partial charge in [-0.1, -0.05) is 18.2 Å². The Labute approximate surface area is 136 Å². The second-order valence-electron chi connectivity index (χ2n) is 5.06. The highest BCUT2D eigenvalue weighted by molar-refractivity contribution is 6.12. The highest BCUT2D eigenvalue weighted by atomic mass is 19.4. The minimum atomic E-state index is -4.82. The minimum absolute atomic E-state index is 0.0603. The van der Waals surface area contributed by atoms with Gasteiger partial charge in [-0.15, -0.1) is 0 Å². The van der Waals surface area contributed by atoms with Crippen LogP contribution in [0.4, 0.5) is 18.9 Å². The highest BCUT2D eigenvalue weighted by Crippen LogP contribution is 2.35. The molecule has 24 heavy (non-hydrogen) atoms. The zero-order chi connectivity index (χ0) is 17.9. The summed E-state index contributed by atoms with van der Waals surface area (Å²) in [5, 5.41) is 11.9. The second kappa shape index (κ2) is 6.62. The Morgan fingerprint density at radius 3 is 2.54 bits per heavy atom. The van der Waals surface area contributed by atoms with Crippen molar-refractivity contribution in [2.24, 2.45) is 0 Å². The molecule has 0 aliphatic heterocycles. The molecule has 1 aromatic carbocycles. The van der Waals surface area contributed by atoms with E-state index in [1.54, 1.807) is 18.2 Å². The lowest BCUT2D eigenvalue weighted by molar-refractivity contribution is -0.153. The van der Waals surface area contributed by atoms with Crippen molar-refractivity contribution in [2.75, 3.05) is 5.32 Å². The Morgan fingerprint density at radius 1 is 1.29 bits per heavy atom. The molecule has 4 nitrogen and oxygen atoms in total. The number of allylic oxidation sites excluding steroid dienone is 1. The first-order chi connectivity index (χ1) is 11.2. The number of carbonyl (C=O) groups excluding carboxylic acids is 1. The molecule has 0 atom stereocenters. The first kappa shape index (κ1) is 17.3. The van der Waals surface area contributed by atoms with Gasteiger partial charge in [0.15, 0.2) is 0 Å². The number of alkyl halides is 3. The lowest BCUT2D eigenvalue weighted by Gasteiger charge is -2.07. The van der Waals surface area contributed by atoms with Gasteiger partial charge < -0.3 is 9.73 Å². The maximum Gasteiger partial charge on any atom is 0.450 e. The smallest absolute Gasteiger partial charge is 0.450 e. The van der Waals surface area contributed by atoms with E-state index in [1.165, 1.54) is 6.92 Å². The Balaban J connectivity index is 2.36. The molecule has 124 valence electrons. The van der Waals surface area contributed by atoms with Crippen LogP contribution in [-0.2, 0) is 6.18 Å². The number of furan rings is 1. The summed E-state index contributed by atoms with van der Waals surface area (Å²) >= 11 is 0. The van der Waals surface area contributed by atoms with Gasteiger partial charge in [0.1, 0.15) is 17.4 Å². The van der Waals surface area contributed by atoms with Gasteiger partial charge in [0.25, 0.3) is 0 Å². The number of carbonyl (C=O) groups is 1. The van der Waals surface area contributed by atoms with Crippen LogP contribution in [0.5, 0.6) is 0 Å². The fraction of sp³-hybridized carbons (Fsp3) is 0.176. The maximum absolute atomic E-state index is 12.9. The van der Waals surface area contributed by atoms with E-state index >= 15 is 0 Å². The monoisotopic (exact) mass is 334 g/mol. The van der Waals surface area contributed by atoms with Crippen LogP contribution < -0.4 is 5.32 Å². The van der Waals surface area contributed by atoms with Crippen molar-refractivity contribution < 1.29 is 22.4 Å². The Kier molecular flexibility index (Phi) is 4.79.